The Morgan fingerprint density at radius 1 is 1.44 bits per heavy atom. The van der Waals surface area contributed by atoms with Gasteiger partial charge in [-0.3, -0.25) is 0 Å². The van der Waals surface area contributed by atoms with Crippen LogP contribution in [0.2, 0.25) is 0 Å². The van der Waals surface area contributed by atoms with Crippen LogP contribution in [0, 0.1) is 0 Å². The van der Waals surface area contributed by atoms with E-state index in [1.165, 1.54) is 5.57 Å². The zero-order chi connectivity index (χ0) is 6.41. The predicted octanol–water partition coefficient (Wildman–Crippen LogP) is 3.03. The normalized spacial score (nSPS) is 11.7. The van der Waals surface area contributed by atoms with E-state index in [1.54, 1.807) is 0 Å². The Labute approximate surface area is 65.1 Å². The van der Waals surface area contributed by atoms with Gasteiger partial charge >= 0.3 is 0 Å². The van der Waals surface area contributed by atoms with Gasteiger partial charge < -0.3 is 0 Å². The molecule has 0 unspecified atom stereocenters. The highest BCUT2D eigenvalue weighted by molar-refractivity contribution is 7.59. The van der Waals surface area contributed by atoms with Crippen LogP contribution in [0.4, 0.5) is 0 Å². The van der Waals surface area contributed by atoms with E-state index in [1.807, 2.05) is 13.0 Å². The van der Waals surface area contributed by atoms with Gasteiger partial charge in [0, 0.05) is 0 Å². The summed E-state index contributed by atoms with van der Waals surface area (Å²) in [6.07, 6.45) is 7.41. The van der Waals surface area contributed by atoms with Crippen molar-refractivity contribution < 1.29 is 0 Å². The van der Waals surface area contributed by atoms with Gasteiger partial charge in [-0.25, -0.2) is 0 Å². The molecule has 0 nitrogen and oxygen atoms in total. The molecule has 0 saturated heterocycles. The average molecular weight is 144 g/mol. The van der Waals surface area contributed by atoms with Crippen LogP contribution >= 0.6 is 13.5 Å². The lowest BCUT2D eigenvalue weighted by atomic mass is 10.2. The molecule has 9 heavy (non-hydrogen) atoms. The molecule has 0 amide bonds. The molecular weight excluding hydrogens is 128 g/mol. The summed E-state index contributed by atoms with van der Waals surface area (Å²) >= 11 is 0. The molecule has 0 atom stereocenters. The van der Waals surface area contributed by atoms with Gasteiger partial charge in [0.05, 0.1) is 0 Å². The molecule has 0 saturated carbocycles. The fourth-order valence-electron chi connectivity index (χ4n) is 0.378. The van der Waals surface area contributed by atoms with Crippen LogP contribution in [0.25, 0.3) is 0 Å². The van der Waals surface area contributed by atoms with E-state index in [4.69, 9.17) is 0 Å². The third kappa shape index (κ3) is 7.83. The predicted molar refractivity (Wildman–Crippen MR) is 49.2 cm³/mol. The maximum atomic E-state index is 2.16. The van der Waals surface area contributed by atoms with Gasteiger partial charge in [0.25, 0.3) is 0 Å². The Hall–Kier alpha value is -0.170. The van der Waals surface area contributed by atoms with Crippen LogP contribution in [0.3, 0.4) is 0 Å². The molecule has 0 aliphatic rings. The van der Waals surface area contributed by atoms with Crippen molar-refractivity contribution in [2.75, 3.05) is 0 Å². The summed E-state index contributed by atoms with van der Waals surface area (Å²) in [7, 11) is 0. The van der Waals surface area contributed by atoms with Crippen LogP contribution in [0.1, 0.15) is 27.2 Å². The molecule has 0 radical (unpaired) electrons. The van der Waals surface area contributed by atoms with Crippen molar-refractivity contribution in [2.24, 2.45) is 0 Å². The quantitative estimate of drug-likeness (QED) is 0.523. The SMILES string of the molecule is C/C=C\C=C(/C)CC.S. The molecule has 0 rings (SSSR count). The van der Waals surface area contributed by atoms with Crippen molar-refractivity contribution in [3.05, 3.63) is 23.8 Å². The van der Waals surface area contributed by atoms with Crippen LogP contribution in [0.15, 0.2) is 23.8 Å². The van der Waals surface area contributed by atoms with Crippen LogP contribution in [-0.4, -0.2) is 0 Å². The molecule has 0 spiro atoms. The van der Waals surface area contributed by atoms with Gasteiger partial charge in [0.15, 0.2) is 0 Å². The van der Waals surface area contributed by atoms with Crippen molar-refractivity contribution >= 4 is 13.5 Å². The minimum atomic E-state index is 0. The summed E-state index contributed by atoms with van der Waals surface area (Å²) in [5, 5.41) is 0. The molecule has 0 aliphatic carbocycles. The molecular formula is C8H16S. The van der Waals surface area contributed by atoms with Crippen molar-refractivity contribution in [3.63, 3.8) is 0 Å². The highest BCUT2D eigenvalue weighted by Gasteiger charge is 1.75. The summed E-state index contributed by atoms with van der Waals surface area (Å²) in [4.78, 5) is 0. The van der Waals surface area contributed by atoms with E-state index in [0.717, 1.165) is 6.42 Å². The summed E-state index contributed by atoms with van der Waals surface area (Å²) < 4.78 is 0. The number of hydrogen-bond donors (Lipinski definition) is 0. The summed E-state index contributed by atoms with van der Waals surface area (Å²) in [5.74, 6) is 0. The van der Waals surface area contributed by atoms with E-state index in [2.05, 4.69) is 26.0 Å². The van der Waals surface area contributed by atoms with Gasteiger partial charge in [0.1, 0.15) is 0 Å². The van der Waals surface area contributed by atoms with E-state index >= 15 is 0 Å². The Bertz CT molecular complexity index is 101. The maximum Gasteiger partial charge on any atom is -0.0349 e. The van der Waals surface area contributed by atoms with Gasteiger partial charge in [-0.2, -0.15) is 13.5 Å². The lowest BCUT2D eigenvalue weighted by Crippen LogP contribution is -1.66. The van der Waals surface area contributed by atoms with Gasteiger partial charge in [-0.1, -0.05) is 30.7 Å². The lowest BCUT2D eigenvalue weighted by Gasteiger charge is -1.87. The number of hydrogen-bond acceptors (Lipinski definition) is 0. The first-order valence-electron chi connectivity index (χ1n) is 3.09. The van der Waals surface area contributed by atoms with Crippen LogP contribution in [-0.2, 0) is 0 Å². The first kappa shape index (κ1) is 11.6. The highest BCUT2D eigenvalue weighted by atomic mass is 32.1. The van der Waals surface area contributed by atoms with E-state index in [0.29, 0.717) is 0 Å². The third-order valence-corrected chi connectivity index (χ3v) is 1.13. The monoisotopic (exact) mass is 144 g/mol. The fraction of sp³-hybridized carbons (Fsp3) is 0.500. The Morgan fingerprint density at radius 3 is 2.33 bits per heavy atom. The molecule has 0 aromatic heterocycles. The second kappa shape index (κ2) is 7.83. The second-order valence-corrected chi connectivity index (χ2v) is 1.89. The minimum Gasteiger partial charge on any atom is -0.197 e. The molecule has 0 N–H and O–H groups in total. The summed E-state index contributed by atoms with van der Waals surface area (Å²) in [5.41, 5.74) is 1.43. The maximum absolute atomic E-state index is 2.16. The van der Waals surface area contributed by atoms with Gasteiger partial charge in [-0.05, 0) is 20.3 Å². The van der Waals surface area contributed by atoms with E-state index < -0.39 is 0 Å². The van der Waals surface area contributed by atoms with Crippen molar-refractivity contribution in [2.45, 2.75) is 27.2 Å². The number of rotatable bonds is 2. The molecule has 0 aromatic rings. The number of allylic oxidation sites excluding steroid dienone is 4. The van der Waals surface area contributed by atoms with E-state index in [9.17, 15) is 0 Å². The van der Waals surface area contributed by atoms with Crippen LogP contribution in [0.5, 0.6) is 0 Å². The Balaban J connectivity index is 0. The van der Waals surface area contributed by atoms with Gasteiger partial charge in [-0.15, -0.1) is 0 Å². The molecule has 0 heterocycles. The smallest absolute Gasteiger partial charge is 0.0349 e. The first-order valence-corrected chi connectivity index (χ1v) is 3.09. The standard InChI is InChI=1S/C8H14.H2S/c1-4-6-7-8(3)5-2;/h4,6-7H,5H2,1-3H3;1H2/b6-4-,8-7+;. The Kier molecular flexibility index (Phi) is 10.1. The zero-order valence-corrected chi connectivity index (χ0v) is 7.44. The second-order valence-electron chi connectivity index (χ2n) is 1.89. The van der Waals surface area contributed by atoms with Crippen LogP contribution < -0.4 is 0 Å². The summed E-state index contributed by atoms with van der Waals surface area (Å²) in [6.45, 7) is 6.33. The first-order chi connectivity index (χ1) is 3.81. The molecule has 0 aromatic carbocycles. The fourth-order valence-corrected chi connectivity index (χ4v) is 0.378. The zero-order valence-electron chi connectivity index (χ0n) is 6.44. The summed E-state index contributed by atoms with van der Waals surface area (Å²) in [6, 6.07) is 0. The Morgan fingerprint density at radius 2 is 2.00 bits per heavy atom. The molecule has 0 aliphatic heterocycles. The van der Waals surface area contributed by atoms with Crippen molar-refractivity contribution in [1.29, 1.82) is 0 Å². The largest absolute Gasteiger partial charge is 0.197 e. The molecule has 54 valence electrons. The topological polar surface area (TPSA) is 0 Å². The van der Waals surface area contributed by atoms with Gasteiger partial charge in [0.2, 0.25) is 0 Å². The third-order valence-electron chi connectivity index (χ3n) is 1.13. The average Bonchev–Trinajstić information content (AvgIpc) is 1.83. The lowest BCUT2D eigenvalue weighted by molar-refractivity contribution is 1.10. The molecule has 0 fully saturated rings. The minimum absolute atomic E-state index is 0. The van der Waals surface area contributed by atoms with Crippen molar-refractivity contribution in [1.82, 2.24) is 0 Å². The molecule has 0 bridgehead atoms. The highest BCUT2D eigenvalue weighted by Crippen LogP contribution is 1.96. The van der Waals surface area contributed by atoms with Crippen molar-refractivity contribution in [3.8, 4) is 0 Å². The van der Waals surface area contributed by atoms with E-state index in [-0.39, 0.29) is 13.5 Å². The molecule has 1 heteroatoms.